The third kappa shape index (κ3) is 9.51. The third-order valence-electron chi connectivity index (χ3n) is 10.2. The molecule has 2 atom stereocenters. The molecule has 6 heteroatoms. The first-order valence-corrected chi connectivity index (χ1v) is 20.6. The molecule has 0 aromatic heterocycles. The van der Waals surface area contributed by atoms with Gasteiger partial charge in [0.1, 0.15) is 30.5 Å². The van der Waals surface area contributed by atoms with Gasteiger partial charge in [-0.2, -0.15) is 0 Å². The van der Waals surface area contributed by atoms with Crippen LogP contribution < -0.4 is 25.4 Å². The van der Waals surface area contributed by atoms with Gasteiger partial charge in [-0.25, -0.2) is 0 Å². The molecule has 3 aromatic rings. The number of ether oxygens (including phenoxy) is 4. The molecule has 0 spiro atoms. The summed E-state index contributed by atoms with van der Waals surface area (Å²) < 4.78 is 26.5. The molecule has 2 saturated heterocycles. The normalized spacial score (nSPS) is 19.5. The monoisotopic (exact) mass is 716 g/mol. The highest BCUT2D eigenvalue weighted by Crippen LogP contribution is 2.49. The Morgan fingerprint density at radius 1 is 0.569 bits per heavy atom. The standard InChI is InChI=1S/C45H65O5P/c1-29-21-34(43(4,5)6)40(46)37(24-29)51(38-25-30(2)22-35(44(7,8)9)41(38)49-27-32-17-13-15-19-47-32)39-26-31(3)23-36(45(10,11)12)42(39)50-28-33-18-14-16-20-48-33/h21-26,32-33,46H,13-20,27-28H2,1-12H3. The van der Waals surface area contributed by atoms with Crippen molar-refractivity contribution in [2.75, 3.05) is 26.4 Å². The second-order valence-electron chi connectivity index (χ2n) is 18.2. The van der Waals surface area contributed by atoms with Crippen LogP contribution >= 0.6 is 7.92 Å². The lowest BCUT2D eigenvalue weighted by Crippen LogP contribution is -2.33. The number of aryl methyl sites for hydroxylation is 3. The van der Waals surface area contributed by atoms with Gasteiger partial charge in [0, 0.05) is 45.8 Å². The molecule has 51 heavy (non-hydrogen) atoms. The largest absolute Gasteiger partial charge is 0.507 e. The van der Waals surface area contributed by atoms with E-state index in [0.29, 0.717) is 19.0 Å². The van der Waals surface area contributed by atoms with Gasteiger partial charge >= 0.3 is 0 Å². The maximum Gasteiger partial charge on any atom is 0.131 e. The van der Waals surface area contributed by atoms with E-state index in [9.17, 15) is 5.11 Å². The minimum atomic E-state index is -1.39. The molecule has 3 aromatic carbocycles. The molecule has 2 unspecified atom stereocenters. The van der Waals surface area contributed by atoms with Crippen LogP contribution in [-0.4, -0.2) is 43.7 Å². The predicted molar refractivity (Wildman–Crippen MR) is 215 cm³/mol. The number of aromatic hydroxyl groups is 1. The Morgan fingerprint density at radius 2 is 0.941 bits per heavy atom. The highest BCUT2D eigenvalue weighted by atomic mass is 31.1. The molecule has 0 amide bonds. The number of rotatable bonds is 9. The zero-order chi connectivity index (χ0) is 37.3. The van der Waals surface area contributed by atoms with E-state index in [0.717, 1.165) is 90.3 Å². The van der Waals surface area contributed by atoms with Crippen molar-refractivity contribution >= 4 is 23.8 Å². The van der Waals surface area contributed by atoms with Gasteiger partial charge in [0.05, 0.1) is 12.2 Å². The summed E-state index contributed by atoms with van der Waals surface area (Å²) in [7, 11) is -1.39. The molecular formula is C45H65O5P. The highest BCUT2D eigenvalue weighted by molar-refractivity contribution is 7.80. The molecule has 2 heterocycles. The first-order chi connectivity index (χ1) is 23.8. The van der Waals surface area contributed by atoms with E-state index >= 15 is 0 Å². The molecule has 2 fully saturated rings. The zero-order valence-corrected chi connectivity index (χ0v) is 34.6. The molecule has 5 nitrogen and oxygen atoms in total. The van der Waals surface area contributed by atoms with Crippen molar-refractivity contribution in [2.24, 2.45) is 0 Å². The Morgan fingerprint density at radius 3 is 1.29 bits per heavy atom. The first-order valence-electron chi connectivity index (χ1n) is 19.3. The van der Waals surface area contributed by atoms with Crippen molar-refractivity contribution in [2.45, 2.75) is 150 Å². The molecule has 0 aliphatic carbocycles. The first kappa shape index (κ1) is 39.6. The fourth-order valence-corrected chi connectivity index (χ4v) is 10.3. The minimum absolute atomic E-state index is 0.0627. The predicted octanol–water partition coefficient (Wildman–Crippen LogP) is 9.86. The van der Waals surface area contributed by atoms with Gasteiger partial charge in [-0.05, 0) is 118 Å². The van der Waals surface area contributed by atoms with E-state index in [4.69, 9.17) is 18.9 Å². The van der Waals surface area contributed by atoms with E-state index < -0.39 is 7.92 Å². The van der Waals surface area contributed by atoms with Crippen LogP contribution in [0.2, 0.25) is 0 Å². The van der Waals surface area contributed by atoms with Crippen LogP contribution in [0, 0.1) is 20.8 Å². The summed E-state index contributed by atoms with van der Waals surface area (Å²) in [6.45, 7) is 29.2. The van der Waals surface area contributed by atoms with Crippen molar-refractivity contribution < 1.29 is 24.1 Å². The number of phenols is 1. The zero-order valence-electron chi connectivity index (χ0n) is 33.7. The van der Waals surface area contributed by atoms with Crippen LogP contribution in [0.25, 0.3) is 0 Å². The Bertz CT molecular complexity index is 1570. The molecule has 0 saturated carbocycles. The van der Waals surface area contributed by atoms with Gasteiger partial charge in [-0.1, -0.05) is 80.5 Å². The van der Waals surface area contributed by atoms with Crippen LogP contribution in [0.3, 0.4) is 0 Å². The van der Waals surface area contributed by atoms with Crippen molar-refractivity contribution in [1.82, 2.24) is 0 Å². The molecule has 2 aliphatic heterocycles. The molecular weight excluding hydrogens is 651 g/mol. The number of phenolic OH excluding ortho intramolecular Hbond substituents is 1. The van der Waals surface area contributed by atoms with Gasteiger partial charge < -0.3 is 24.1 Å². The molecule has 0 radical (unpaired) electrons. The van der Waals surface area contributed by atoms with Crippen molar-refractivity contribution in [3.8, 4) is 17.2 Å². The second kappa shape index (κ2) is 15.8. The van der Waals surface area contributed by atoms with Crippen LogP contribution in [0.5, 0.6) is 17.2 Å². The van der Waals surface area contributed by atoms with Gasteiger partial charge in [-0.3, -0.25) is 0 Å². The summed E-state index contributed by atoms with van der Waals surface area (Å²) in [4.78, 5) is 0. The number of hydrogen-bond acceptors (Lipinski definition) is 5. The fourth-order valence-electron chi connectivity index (χ4n) is 7.38. The van der Waals surface area contributed by atoms with Gasteiger partial charge in [0.15, 0.2) is 0 Å². The minimum Gasteiger partial charge on any atom is -0.507 e. The topological polar surface area (TPSA) is 57.2 Å². The highest BCUT2D eigenvalue weighted by Gasteiger charge is 2.35. The van der Waals surface area contributed by atoms with Crippen molar-refractivity contribution in [3.63, 3.8) is 0 Å². The lowest BCUT2D eigenvalue weighted by atomic mass is 9.85. The van der Waals surface area contributed by atoms with Crippen LogP contribution in [0.4, 0.5) is 0 Å². The third-order valence-corrected chi connectivity index (χ3v) is 12.6. The summed E-state index contributed by atoms with van der Waals surface area (Å²) in [6, 6.07) is 13.6. The lowest BCUT2D eigenvalue weighted by Gasteiger charge is -2.34. The Labute approximate surface area is 310 Å². The van der Waals surface area contributed by atoms with Crippen LogP contribution in [0.15, 0.2) is 36.4 Å². The lowest BCUT2D eigenvalue weighted by molar-refractivity contribution is -0.0111. The maximum atomic E-state index is 12.5. The molecule has 280 valence electrons. The maximum absolute atomic E-state index is 12.5. The summed E-state index contributed by atoms with van der Waals surface area (Å²) in [5.41, 5.74) is 6.15. The molecule has 5 rings (SSSR count). The Kier molecular flexibility index (Phi) is 12.3. The average molecular weight is 717 g/mol. The molecule has 2 aliphatic rings. The van der Waals surface area contributed by atoms with E-state index in [2.05, 4.69) is 119 Å². The second-order valence-corrected chi connectivity index (χ2v) is 20.3. The van der Waals surface area contributed by atoms with E-state index in [-0.39, 0.29) is 28.5 Å². The summed E-state index contributed by atoms with van der Waals surface area (Å²) in [5.74, 6) is 2.18. The average Bonchev–Trinajstić information content (AvgIpc) is 3.04. The molecule has 0 bridgehead atoms. The Hall–Kier alpha value is -2.59. The summed E-state index contributed by atoms with van der Waals surface area (Å²) >= 11 is 0. The number of hydrogen-bond donors (Lipinski definition) is 1. The molecule has 1 N–H and O–H groups in total. The van der Waals surface area contributed by atoms with Crippen molar-refractivity contribution in [1.29, 1.82) is 0 Å². The van der Waals surface area contributed by atoms with E-state index in [1.54, 1.807) is 0 Å². The SMILES string of the molecule is Cc1cc(P(c2cc(C)cc(C(C)(C)C)c2OCC2CCCCO2)c2cc(C)cc(C(C)(C)C)c2OCC2CCCCO2)c(O)c(C(C)(C)C)c1. The summed E-state index contributed by atoms with van der Waals surface area (Å²) in [5, 5.41) is 15.6. The smallest absolute Gasteiger partial charge is 0.131 e. The van der Waals surface area contributed by atoms with Gasteiger partial charge in [-0.15, -0.1) is 0 Å². The van der Waals surface area contributed by atoms with Gasteiger partial charge in [0.25, 0.3) is 0 Å². The van der Waals surface area contributed by atoms with Crippen molar-refractivity contribution in [3.05, 3.63) is 69.8 Å². The number of benzene rings is 3. The Balaban J connectivity index is 1.85. The van der Waals surface area contributed by atoms with E-state index in [1.165, 1.54) is 22.3 Å². The van der Waals surface area contributed by atoms with E-state index in [1.807, 2.05) is 0 Å². The summed E-state index contributed by atoms with van der Waals surface area (Å²) in [6.07, 6.45) is 6.65. The van der Waals surface area contributed by atoms with Crippen LogP contribution in [-0.2, 0) is 25.7 Å². The van der Waals surface area contributed by atoms with Crippen LogP contribution in [0.1, 0.15) is 134 Å². The quantitative estimate of drug-likeness (QED) is 0.224. The van der Waals surface area contributed by atoms with Gasteiger partial charge in [0.2, 0.25) is 0 Å². The fraction of sp³-hybridized carbons (Fsp3) is 0.600.